The standard InChI is InChI=1S/C17H15N3O2/c1-12(19-22)15-16(13-8-4-2-5-9-13)18-20(17(15)21)14-10-6-3-7-11-14/h2-11,18,22H,1H3. The van der Waals surface area contributed by atoms with E-state index in [9.17, 15) is 4.79 Å². The summed E-state index contributed by atoms with van der Waals surface area (Å²) in [5.74, 6) is 0. The van der Waals surface area contributed by atoms with E-state index >= 15 is 0 Å². The van der Waals surface area contributed by atoms with E-state index in [1.807, 2.05) is 60.7 Å². The van der Waals surface area contributed by atoms with Gasteiger partial charge in [0.05, 0.1) is 22.7 Å². The zero-order valence-corrected chi connectivity index (χ0v) is 12.0. The van der Waals surface area contributed by atoms with Crippen molar-refractivity contribution in [1.82, 2.24) is 9.78 Å². The fourth-order valence-corrected chi connectivity index (χ4v) is 2.40. The van der Waals surface area contributed by atoms with Gasteiger partial charge in [-0.2, -0.15) is 0 Å². The first-order chi connectivity index (χ1) is 10.7. The quantitative estimate of drug-likeness (QED) is 0.442. The Morgan fingerprint density at radius 2 is 1.64 bits per heavy atom. The zero-order chi connectivity index (χ0) is 15.5. The number of hydrogen-bond donors (Lipinski definition) is 2. The Balaban J connectivity index is 2.29. The van der Waals surface area contributed by atoms with Gasteiger partial charge in [0.25, 0.3) is 5.56 Å². The van der Waals surface area contributed by atoms with Crippen LogP contribution in [0.3, 0.4) is 0 Å². The summed E-state index contributed by atoms with van der Waals surface area (Å²) in [4.78, 5) is 12.7. The molecule has 0 unspecified atom stereocenters. The Bertz CT molecular complexity index is 862. The van der Waals surface area contributed by atoms with Gasteiger partial charge < -0.3 is 5.21 Å². The van der Waals surface area contributed by atoms with Crippen molar-refractivity contribution in [2.45, 2.75) is 6.92 Å². The molecule has 0 aliphatic heterocycles. The van der Waals surface area contributed by atoms with Crippen LogP contribution < -0.4 is 5.56 Å². The number of H-pyrrole nitrogens is 1. The lowest BCUT2D eigenvalue weighted by atomic mass is 10.1. The molecule has 0 saturated carbocycles. The molecule has 2 N–H and O–H groups in total. The summed E-state index contributed by atoms with van der Waals surface area (Å²) >= 11 is 0. The summed E-state index contributed by atoms with van der Waals surface area (Å²) in [6, 6.07) is 18.8. The molecule has 0 aliphatic carbocycles. The third kappa shape index (κ3) is 2.33. The van der Waals surface area contributed by atoms with Crippen LogP contribution in [0.2, 0.25) is 0 Å². The minimum atomic E-state index is -0.250. The van der Waals surface area contributed by atoms with Crippen molar-refractivity contribution in [2.24, 2.45) is 5.16 Å². The van der Waals surface area contributed by atoms with Crippen LogP contribution in [-0.2, 0) is 0 Å². The molecule has 22 heavy (non-hydrogen) atoms. The van der Waals surface area contributed by atoms with Crippen molar-refractivity contribution in [3.05, 3.63) is 76.6 Å². The van der Waals surface area contributed by atoms with Crippen LogP contribution in [0.25, 0.3) is 16.9 Å². The predicted molar refractivity (Wildman–Crippen MR) is 85.8 cm³/mol. The van der Waals surface area contributed by atoms with Crippen molar-refractivity contribution < 1.29 is 5.21 Å². The number of oxime groups is 1. The molecule has 3 aromatic rings. The lowest BCUT2D eigenvalue weighted by molar-refractivity contribution is 0.319. The van der Waals surface area contributed by atoms with E-state index in [0.717, 1.165) is 11.3 Å². The molecule has 0 atom stereocenters. The third-order valence-corrected chi connectivity index (χ3v) is 3.48. The number of nitrogens with one attached hydrogen (secondary N) is 1. The van der Waals surface area contributed by atoms with Crippen LogP contribution in [0, 0.1) is 0 Å². The van der Waals surface area contributed by atoms with Crippen LogP contribution in [-0.4, -0.2) is 20.7 Å². The predicted octanol–water partition coefficient (Wildman–Crippen LogP) is 3.03. The highest BCUT2D eigenvalue weighted by atomic mass is 16.4. The average molecular weight is 293 g/mol. The van der Waals surface area contributed by atoms with E-state index in [-0.39, 0.29) is 11.3 Å². The van der Waals surface area contributed by atoms with Crippen LogP contribution in [0.4, 0.5) is 0 Å². The first-order valence-corrected chi connectivity index (χ1v) is 6.87. The lowest BCUT2D eigenvalue weighted by Crippen LogP contribution is -2.19. The van der Waals surface area contributed by atoms with Crippen molar-refractivity contribution in [2.75, 3.05) is 0 Å². The Hall–Kier alpha value is -3.08. The second kappa shape index (κ2) is 5.73. The van der Waals surface area contributed by atoms with Gasteiger partial charge >= 0.3 is 0 Å². The molecule has 0 saturated heterocycles. The molecule has 0 aliphatic rings. The molecule has 0 spiro atoms. The van der Waals surface area contributed by atoms with E-state index in [1.165, 1.54) is 4.68 Å². The number of hydrogen-bond acceptors (Lipinski definition) is 3. The van der Waals surface area contributed by atoms with Gasteiger partial charge in [0.2, 0.25) is 0 Å². The van der Waals surface area contributed by atoms with Crippen LogP contribution in [0.1, 0.15) is 12.5 Å². The minimum Gasteiger partial charge on any atom is -0.411 e. The van der Waals surface area contributed by atoms with Crippen LogP contribution in [0.5, 0.6) is 0 Å². The molecular formula is C17H15N3O2. The van der Waals surface area contributed by atoms with Gasteiger partial charge in [0.15, 0.2) is 0 Å². The minimum absolute atomic E-state index is 0.250. The molecule has 3 rings (SSSR count). The first-order valence-electron chi connectivity index (χ1n) is 6.87. The summed E-state index contributed by atoms with van der Waals surface area (Å²) in [6.07, 6.45) is 0. The number of benzene rings is 2. The molecular weight excluding hydrogens is 278 g/mol. The maximum Gasteiger partial charge on any atom is 0.281 e. The molecule has 1 aromatic heterocycles. The Morgan fingerprint density at radius 3 is 2.23 bits per heavy atom. The molecule has 0 radical (unpaired) electrons. The summed E-state index contributed by atoms with van der Waals surface area (Å²) in [5, 5.41) is 15.4. The van der Waals surface area contributed by atoms with Crippen LogP contribution >= 0.6 is 0 Å². The topological polar surface area (TPSA) is 70.4 Å². The number of nitrogens with zero attached hydrogens (tertiary/aromatic N) is 2. The highest BCUT2D eigenvalue weighted by Crippen LogP contribution is 2.21. The summed E-state index contributed by atoms with van der Waals surface area (Å²) in [6.45, 7) is 1.60. The van der Waals surface area contributed by atoms with E-state index < -0.39 is 0 Å². The summed E-state index contributed by atoms with van der Waals surface area (Å²) in [5.41, 5.74) is 2.59. The summed E-state index contributed by atoms with van der Waals surface area (Å²) < 4.78 is 1.45. The van der Waals surface area contributed by atoms with Gasteiger partial charge in [-0.3, -0.25) is 9.89 Å². The Morgan fingerprint density at radius 1 is 1.05 bits per heavy atom. The van der Waals surface area contributed by atoms with Crippen molar-refractivity contribution in [1.29, 1.82) is 0 Å². The maximum atomic E-state index is 12.7. The highest BCUT2D eigenvalue weighted by Gasteiger charge is 2.19. The molecule has 5 heteroatoms. The lowest BCUT2D eigenvalue weighted by Gasteiger charge is -2.02. The second-order valence-electron chi connectivity index (χ2n) is 4.89. The smallest absolute Gasteiger partial charge is 0.281 e. The molecule has 0 bridgehead atoms. The zero-order valence-electron chi connectivity index (χ0n) is 12.0. The molecule has 0 fully saturated rings. The molecule has 2 aromatic carbocycles. The number of para-hydroxylation sites is 1. The maximum absolute atomic E-state index is 12.7. The largest absolute Gasteiger partial charge is 0.411 e. The molecule has 110 valence electrons. The van der Waals surface area contributed by atoms with Crippen molar-refractivity contribution >= 4 is 5.71 Å². The Labute approximate surface area is 127 Å². The van der Waals surface area contributed by atoms with E-state index in [2.05, 4.69) is 10.3 Å². The fraction of sp³-hybridized carbons (Fsp3) is 0.0588. The number of aromatic nitrogens is 2. The molecule has 1 heterocycles. The fourth-order valence-electron chi connectivity index (χ4n) is 2.40. The van der Waals surface area contributed by atoms with Crippen molar-refractivity contribution in [3.8, 4) is 16.9 Å². The van der Waals surface area contributed by atoms with Gasteiger partial charge in [-0.05, 0) is 19.1 Å². The second-order valence-corrected chi connectivity index (χ2v) is 4.89. The van der Waals surface area contributed by atoms with E-state index in [1.54, 1.807) is 6.92 Å². The van der Waals surface area contributed by atoms with Gasteiger partial charge in [0.1, 0.15) is 0 Å². The van der Waals surface area contributed by atoms with Crippen LogP contribution in [0.15, 0.2) is 70.6 Å². The SMILES string of the molecule is CC(=NO)c1c(-c2ccccc2)[nH]n(-c2ccccc2)c1=O. The van der Waals surface area contributed by atoms with Gasteiger partial charge in [-0.25, -0.2) is 4.68 Å². The van der Waals surface area contributed by atoms with Gasteiger partial charge in [-0.1, -0.05) is 53.7 Å². The third-order valence-electron chi connectivity index (χ3n) is 3.48. The van der Waals surface area contributed by atoms with Gasteiger partial charge in [-0.15, -0.1) is 0 Å². The number of rotatable bonds is 3. The summed E-state index contributed by atoms with van der Waals surface area (Å²) in [7, 11) is 0. The normalized spacial score (nSPS) is 11.6. The van der Waals surface area contributed by atoms with E-state index in [4.69, 9.17) is 5.21 Å². The Kier molecular flexibility index (Phi) is 3.62. The van der Waals surface area contributed by atoms with E-state index in [0.29, 0.717) is 11.3 Å². The first kappa shape index (κ1) is 13.9. The number of aromatic amines is 1. The van der Waals surface area contributed by atoms with Gasteiger partial charge in [0, 0.05) is 5.56 Å². The van der Waals surface area contributed by atoms with Crippen molar-refractivity contribution in [3.63, 3.8) is 0 Å². The average Bonchev–Trinajstić information content (AvgIpc) is 2.93. The molecule has 0 amide bonds. The highest BCUT2D eigenvalue weighted by molar-refractivity contribution is 6.03. The monoisotopic (exact) mass is 293 g/mol. The molecule has 5 nitrogen and oxygen atoms in total.